The van der Waals surface area contributed by atoms with Gasteiger partial charge in [-0.25, -0.2) is 8.78 Å². The Labute approximate surface area is 133 Å². The lowest BCUT2D eigenvalue weighted by molar-refractivity contribution is -0.149. The molecule has 3 rings (SSSR count). The fourth-order valence-electron chi connectivity index (χ4n) is 3.72. The van der Waals surface area contributed by atoms with Crippen molar-refractivity contribution < 1.29 is 23.5 Å². The molecule has 124 valence electrons. The van der Waals surface area contributed by atoms with Gasteiger partial charge in [-0.2, -0.15) is 0 Å². The van der Waals surface area contributed by atoms with Crippen LogP contribution in [-0.4, -0.2) is 35.0 Å². The average molecular weight is 323 g/mol. The molecule has 4 nitrogen and oxygen atoms in total. The van der Waals surface area contributed by atoms with Crippen molar-refractivity contribution in [3.8, 4) is 0 Å². The van der Waals surface area contributed by atoms with Crippen molar-refractivity contribution in [1.82, 2.24) is 4.90 Å². The molecule has 2 aliphatic rings. The van der Waals surface area contributed by atoms with E-state index in [9.17, 15) is 18.4 Å². The van der Waals surface area contributed by atoms with Crippen molar-refractivity contribution in [2.45, 2.75) is 37.5 Å². The van der Waals surface area contributed by atoms with Gasteiger partial charge in [-0.1, -0.05) is 12.5 Å². The Balaban J connectivity index is 1.91. The van der Waals surface area contributed by atoms with Gasteiger partial charge in [0.1, 0.15) is 11.6 Å². The third-order valence-electron chi connectivity index (χ3n) is 5.12. The summed E-state index contributed by atoms with van der Waals surface area (Å²) >= 11 is 0. The molecule has 1 saturated heterocycles. The maximum Gasteiger partial charge on any atom is 0.308 e. The number of hydrogen-bond acceptors (Lipinski definition) is 2. The molecule has 1 atom stereocenters. The Hall–Kier alpha value is -1.98. The smallest absolute Gasteiger partial charge is 0.308 e. The Morgan fingerprint density at radius 3 is 2.35 bits per heavy atom. The summed E-state index contributed by atoms with van der Waals surface area (Å²) in [6, 6.07) is 3.62. The van der Waals surface area contributed by atoms with Crippen LogP contribution < -0.4 is 0 Å². The average Bonchev–Trinajstić information content (AvgIpc) is 2.49. The molecule has 1 heterocycles. The second kappa shape index (κ2) is 5.91. The molecule has 6 heteroatoms. The van der Waals surface area contributed by atoms with Gasteiger partial charge in [0.25, 0.3) is 0 Å². The zero-order chi connectivity index (χ0) is 16.6. The number of benzene rings is 1. The van der Waals surface area contributed by atoms with E-state index < -0.39 is 28.9 Å². The standard InChI is InChI=1S/C17H19F2NO3/c18-12-5-1-6-13(19)14(12)17(7-3-8-17)16(23)20-9-2-4-11(10-20)15(21)22/h1,5-6,11H,2-4,7-10H2,(H,21,22). The highest BCUT2D eigenvalue weighted by Crippen LogP contribution is 2.47. The van der Waals surface area contributed by atoms with Crippen LogP contribution in [0.15, 0.2) is 18.2 Å². The van der Waals surface area contributed by atoms with Crippen molar-refractivity contribution in [2.24, 2.45) is 5.92 Å². The fraction of sp³-hybridized carbons (Fsp3) is 0.529. The largest absolute Gasteiger partial charge is 0.481 e. The van der Waals surface area contributed by atoms with Crippen LogP contribution in [0.2, 0.25) is 0 Å². The Bertz CT molecular complexity index is 622. The lowest BCUT2D eigenvalue weighted by Crippen LogP contribution is -2.54. The lowest BCUT2D eigenvalue weighted by Gasteiger charge is -2.45. The minimum absolute atomic E-state index is 0.117. The molecule has 1 amide bonds. The summed E-state index contributed by atoms with van der Waals surface area (Å²) in [4.78, 5) is 25.6. The van der Waals surface area contributed by atoms with Crippen LogP contribution in [0, 0.1) is 17.6 Å². The van der Waals surface area contributed by atoms with Gasteiger partial charge in [-0.3, -0.25) is 9.59 Å². The zero-order valence-electron chi connectivity index (χ0n) is 12.7. The number of rotatable bonds is 3. The number of carbonyl (C=O) groups excluding carboxylic acids is 1. The zero-order valence-corrected chi connectivity index (χ0v) is 12.7. The van der Waals surface area contributed by atoms with Crippen LogP contribution in [0.4, 0.5) is 8.78 Å². The summed E-state index contributed by atoms with van der Waals surface area (Å²) in [5.41, 5.74) is -1.33. The highest BCUT2D eigenvalue weighted by molar-refractivity contribution is 5.90. The van der Waals surface area contributed by atoms with Gasteiger partial charge >= 0.3 is 5.97 Å². The number of nitrogens with zero attached hydrogens (tertiary/aromatic N) is 1. The first-order valence-electron chi connectivity index (χ1n) is 7.92. The SMILES string of the molecule is O=C(O)C1CCCN(C(=O)C2(c3c(F)cccc3F)CCC2)C1. The van der Waals surface area contributed by atoms with Crippen molar-refractivity contribution >= 4 is 11.9 Å². The van der Waals surface area contributed by atoms with E-state index in [0.29, 0.717) is 32.2 Å². The van der Waals surface area contributed by atoms with Crippen LogP contribution >= 0.6 is 0 Å². The van der Waals surface area contributed by atoms with E-state index in [4.69, 9.17) is 5.11 Å². The minimum Gasteiger partial charge on any atom is -0.481 e. The molecule has 1 aromatic rings. The maximum atomic E-state index is 14.2. The van der Waals surface area contributed by atoms with Gasteiger partial charge in [0.05, 0.1) is 11.3 Å². The number of carboxylic acid groups (broad SMARTS) is 1. The first-order chi connectivity index (χ1) is 11.0. The highest BCUT2D eigenvalue weighted by Gasteiger charge is 2.51. The first kappa shape index (κ1) is 15.9. The van der Waals surface area contributed by atoms with Crippen molar-refractivity contribution in [3.63, 3.8) is 0 Å². The summed E-state index contributed by atoms with van der Waals surface area (Å²) in [7, 11) is 0. The summed E-state index contributed by atoms with van der Waals surface area (Å²) in [6.45, 7) is 0.562. The third-order valence-corrected chi connectivity index (χ3v) is 5.12. The molecular formula is C17H19F2NO3. The normalized spacial score (nSPS) is 23.2. The van der Waals surface area contributed by atoms with E-state index >= 15 is 0 Å². The van der Waals surface area contributed by atoms with Gasteiger partial charge in [0.2, 0.25) is 5.91 Å². The molecule has 1 unspecified atom stereocenters. The number of carbonyl (C=O) groups is 2. The predicted octanol–water partition coefficient (Wildman–Crippen LogP) is 2.71. The second-order valence-electron chi connectivity index (χ2n) is 6.46. The van der Waals surface area contributed by atoms with E-state index in [-0.39, 0.29) is 18.0 Å². The van der Waals surface area contributed by atoms with Crippen LogP contribution in [-0.2, 0) is 15.0 Å². The number of amides is 1. The van der Waals surface area contributed by atoms with E-state index in [1.807, 2.05) is 0 Å². The third kappa shape index (κ3) is 2.60. The summed E-state index contributed by atoms with van der Waals surface area (Å²) < 4.78 is 28.4. The molecule has 1 aliphatic heterocycles. The molecule has 1 aliphatic carbocycles. The Morgan fingerprint density at radius 2 is 1.83 bits per heavy atom. The van der Waals surface area contributed by atoms with Crippen molar-refractivity contribution in [2.75, 3.05) is 13.1 Å². The monoisotopic (exact) mass is 323 g/mol. The molecule has 0 bridgehead atoms. The van der Waals surface area contributed by atoms with Crippen LogP contribution in [0.5, 0.6) is 0 Å². The molecule has 1 aromatic carbocycles. The predicted molar refractivity (Wildman–Crippen MR) is 78.8 cm³/mol. The van der Waals surface area contributed by atoms with Gasteiger partial charge in [0.15, 0.2) is 0 Å². The topological polar surface area (TPSA) is 57.6 Å². The number of carboxylic acids is 1. The molecule has 1 saturated carbocycles. The van der Waals surface area contributed by atoms with Crippen molar-refractivity contribution in [1.29, 1.82) is 0 Å². The lowest BCUT2D eigenvalue weighted by atomic mass is 9.63. The molecule has 0 radical (unpaired) electrons. The van der Waals surface area contributed by atoms with Crippen LogP contribution in [0.25, 0.3) is 0 Å². The van der Waals surface area contributed by atoms with Gasteiger partial charge in [0, 0.05) is 18.7 Å². The molecular weight excluding hydrogens is 304 g/mol. The van der Waals surface area contributed by atoms with E-state index in [2.05, 4.69) is 0 Å². The molecule has 23 heavy (non-hydrogen) atoms. The van der Waals surface area contributed by atoms with Crippen LogP contribution in [0.1, 0.15) is 37.7 Å². The number of aliphatic carboxylic acids is 1. The van der Waals surface area contributed by atoms with Crippen molar-refractivity contribution in [3.05, 3.63) is 35.4 Å². The van der Waals surface area contributed by atoms with E-state index in [1.165, 1.54) is 23.1 Å². The molecule has 2 fully saturated rings. The summed E-state index contributed by atoms with van der Waals surface area (Å²) in [5.74, 6) is -3.27. The number of piperidine rings is 1. The highest BCUT2D eigenvalue weighted by atomic mass is 19.1. The fourth-order valence-corrected chi connectivity index (χ4v) is 3.72. The molecule has 0 spiro atoms. The Morgan fingerprint density at radius 1 is 1.17 bits per heavy atom. The quantitative estimate of drug-likeness (QED) is 0.930. The number of hydrogen-bond donors (Lipinski definition) is 1. The van der Waals surface area contributed by atoms with Crippen LogP contribution in [0.3, 0.4) is 0 Å². The van der Waals surface area contributed by atoms with E-state index in [1.54, 1.807) is 0 Å². The first-order valence-corrected chi connectivity index (χ1v) is 7.92. The number of halogens is 2. The number of likely N-dealkylation sites (tertiary alicyclic amines) is 1. The molecule has 1 N–H and O–H groups in total. The molecule has 0 aromatic heterocycles. The summed E-state index contributed by atoms with van der Waals surface area (Å²) in [6.07, 6.45) is 2.66. The van der Waals surface area contributed by atoms with Gasteiger partial charge in [-0.15, -0.1) is 0 Å². The second-order valence-corrected chi connectivity index (χ2v) is 6.46. The van der Waals surface area contributed by atoms with Gasteiger partial charge < -0.3 is 10.0 Å². The van der Waals surface area contributed by atoms with E-state index in [0.717, 1.165) is 6.42 Å². The Kier molecular flexibility index (Phi) is 4.08. The summed E-state index contributed by atoms with van der Waals surface area (Å²) in [5, 5.41) is 9.16. The van der Waals surface area contributed by atoms with Gasteiger partial charge in [-0.05, 0) is 37.8 Å². The minimum atomic E-state index is -1.17. The maximum absolute atomic E-state index is 14.2.